The Hall–Kier alpha value is -1.04. The number of amides is 1. The Balaban J connectivity index is 2.57. The molecule has 1 rings (SSSR count). The molecule has 3 nitrogen and oxygen atoms in total. The molecule has 0 bridgehead atoms. The highest BCUT2D eigenvalue weighted by atomic mass is 16.1. The van der Waals surface area contributed by atoms with Gasteiger partial charge in [0, 0.05) is 6.04 Å². The van der Waals surface area contributed by atoms with Crippen molar-refractivity contribution in [2.45, 2.75) is 52.5 Å². The van der Waals surface area contributed by atoms with E-state index in [1.165, 1.54) is 12.8 Å². The second-order valence-corrected chi connectivity index (χ2v) is 5.15. The third kappa shape index (κ3) is 2.95. The van der Waals surface area contributed by atoms with Crippen LogP contribution < -0.4 is 5.32 Å². The molecular formula is C12H20N2O. The number of rotatable bonds is 2. The van der Waals surface area contributed by atoms with Gasteiger partial charge in [0.1, 0.15) is 5.92 Å². The van der Waals surface area contributed by atoms with Gasteiger partial charge in [-0.2, -0.15) is 5.26 Å². The molecule has 84 valence electrons. The molecule has 0 aromatic rings. The van der Waals surface area contributed by atoms with Crippen LogP contribution in [0.1, 0.15) is 46.5 Å². The predicted molar refractivity (Wildman–Crippen MR) is 59.0 cm³/mol. The number of carbonyl (C=O) groups excluding carboxylic acids is 1. The number of hydrogen-bond acceptors (Lipinski definition) is 2. The summed E-state index contributed by atoms with van der Waals surface area (Å²) >= 11 is 0. The van der Waals surface area contributed by atoms with E-state index in [9.17, 15) is 4.79 Å². The topological polar surface area (TPSA) is 52.9 Å². The minimum atomic E-state index is -0.539. The molecule has 0 aromatic carbocycles. The summed E-state index contributed by atoms with van der Waals surface area (Å²) in [5, 5.41) is 11.7. The Morgan fingerprint density at radius 1 is 1.53 bits per heavy atom. The van der Waals surface area contributed by atoms with Crippen LogP contribution in [-0.4, -0.2) is 11.9 Å². The Morgan fingerprint density at radius 3 is 2.73 bits per heavy atom. The van der Waals surface area contributed by atoms with Crippen LogP contribution >= 0.6 is 0 Å². The van der Waals surface area contributed by atoms with Gasteiger partial charge < -0.3 is 5.32 Å². The normalized spacial score (nSPS) is 26.4. The van der Waals surface area contributed by atoms with E-state index in [1.54, 1.807) is 6.92 Å². The number of nitrogens with zero attached hydrogens (tertiary/aromatic N) is 1. The molecule has 1 N–H and O–H groups in total. The molecule has 1 fully saturated rings. The molecule has 0 heterocycles. The third-order valence-corrected chi connectivity index (χ3v) is 3.41. The Bertz CT molecular complexity index is 278. The highest BCUT2D eigenvalue weighted by Gasteiger charge is 2.33. The van der Waals surface area contributed by atoms with E-state index in [-0.39, 0.29) is 17.4 Å². The molecule has 3 heteroatoms. The van der Waals surface area contributed by atoms with Crippen molar-refractivity contribution in [3.05, 3.63) is 0 Å². The summed E-state index contributed by atoms with van der Waals surface area (Å²) < 4.78 is 0. The molecule has 2 unspecified atom stereocenters. The summed E-state index contributed by atoms with van der Waals surface area (Å²) in [6.45, 7) is 6.02. The van der Waals surface area contributed by atoms with Gasteiger partial charge in [0.2, 0.25) is 5.91 Å². The Labute approximate surface area is 91.9 Å². The molecule has 0 saturated heterocycles. The van der Waals surface area contributed by atoms with Gasteiger partial charge in [-0.15, -0.1) is 0 Å². The molecule has 1 aliphatic carbocycles. The zero-order valence-electron chi connectivity index (χ0n) is 9.84. The maximum atomic E-state index is 11.6. The van der Waals surface area contributed by atoms with Crippen LogP contribution in [0.4, 0.5) is 0 Å². The molecule has 1 saturated carbocycles. The average Bonchev–Trinajstić information content (AvgIpc) is 2.19. The Morgan fingerprint density at radius 2 is 2.20 bits per heavy atom. The fourth-order valence-corrected chi connectivity index (χ4v) is 2.12. The van der Waals surface area contributed by atoms with Crippen LogP contribution in [0.3, 0.4) is 0 Å². The smallest absolute Gasteiger partial charge is 0.237 e. The zero-order valence-corrected chi connectivity index (χ0v) is 9.84. The number of carbonyl (C=O) groups is 1. The lowest BCUT2D eigenvalue weighted by Gasteiger charge is -2.39. The fraction of sp³-hybridized carbons (Fsp3) is 0.833. The highest BCUT2D eigenvalue weighted by molar-refractivity contribution is 5.80. The van der Waals surface area contributed by atoms with Crippen molar-refractivity contribution < 1.29 is 4.79 Å². The van der Waals surface area contributed by atoms with E-state index in [1.807, 2.05) is 6.07 Å². The van der Waals surface area contributed by atoms with Crippen molar-refractivity contribution in [3.63, 3.8) is 0 Å². The molecule has 1 amide bonds. The molecular weight excluding hydrogens is 188 g/mol. The fourth-order valence-electron chi connectivity index (χ4n) is 2.12. The summed E-state index contributed by atoms with van der Waals surface area (Å²) in [4.78, 5) is 11.6. The molecule has 0 aliphatic heterocycles. The average molecular weight is 208 g/mol. The molecule has 15 heavy (non-hydrogen) atoms. The number of nitriles is 1. The van der Waals surface area contributed by atoms with Crippen LogP contribution in [0, 0.1) is 22.7 Å². The lowest BCUT2D eigenvalue weighted by molar-refractivity contribution is -0.124. The van der Waals surface area contributed by atoms with Crippen molar-refractivity contribution in [3.8, 4) is 6.07 Å². The SMILES string of the molecule is CC(C#N)C(=O)NC1CCCCC1(C)C. The second-order valence-electron chi connectivity index (χ2n) is 5.15. The first-order valence-electron chi connectivity index (χ1n) is 5.67. The highest BCUT2D eigenvalue weighted by Crippen LogP contribution is 2.35. The Kier molecular flexibility index (Phi) is 3.73. The lowest BCUT2D eigenvalue weighted by Crippen LogP contribution is -2.48. The van der Waals surface area contributed by atoms with Gasteiger partial charge in [-0.1, -0.05) is 26.7 Å². The standard InChI is InChI=1S/C12H20N2O/c1-9(8-13)11(15)14-10-6-4-5-7-12(10,2)3/h9-10H,4-7H2,1-3H3,(H,14,15). The number of hydrogen-bond donors (Lipinski definition) is 1. The number of nitrogens with one attached hydrogen (secondary N) is 1. The van der Waals surface area contributed by atoms with E-state index < -0.39 is 5.92 Å². The van der Waals surface area contributed by atoms with Crippen molar-refractivity contribution in [1.82, 2.24) is 5.32 Å². The first kappa shape index (κ1) is 12.0. The first-order valence-corrected chi connectivity index (χ1v) is 5.67. The van der Waals surface area contributed by atoms with E-state index in [0.717, 1.165) is 12.8 Å². The van der Waals surface area contributed by atoms with Gasteiger partial charge in [-0.25, -0.2) is 0 Å². The van der Waals surface area contributed by atoms with E-state index in [4.69, 9.17) is 5.26 Å². The van der Waals surface area contributed by atoms with E-state index in [2.05, 4.69) is 19.2 Å². The van der Waals surface area contributed by atoms with Crippen molar-refractivity contribution >= 4 is 5.91 Å². The summed E-state index contributed by atoms with van der Waals surface area (Å²) in [6, 6.07) is 2.20. The van der Waals surface area contributed by atoms with Crippen LogP contribution in [0.5, 0.6) is 0 Å². The minimum absolute atomic E-state index is 0.127. The van der Waals surface area contributed by atoms with E-state index >= 15 is 0 Å². The van der Waals surface area contributed by atoms with Gasteiger partial charge in [0.05, 0.1) is 6.07 Å². The van der Waals surface area contributed by atoms with Crippen LogP contribution in [0.25, 0.3) is 0 Å². The quantitative estimate of drug-likeness (QED) is 0.756. The van der Waals surface area contributed by atoms with Crippen molar-refractivity contribution in [1.29, 1.82) is 5.26 Å². The summed E-state index contributed by atoms with van der Waals surface area (Å²) in [7, 11) is 0. The second kappa shape index (κ2) is 4.65. The van der Waals surface area contributed by atoms with Crippen LogP contribution in [0.2, 0.25) is 0 Å². The van der Waals surface area contributed by atoms with Crippen LogP contribution in [-0.2, 0) is 4.79 Å². The van der Waals surface area contributed by atoms with Gasteiger partial charge >= 0.3 is 0 Å². The van der Waals surface area contributed by atoms with Gasteiger partial charge in [-0.3, -0.25) is 4.79 Å². The predicted octanol–water partition coefficient (Wildman–Crippen LogP) is 2.23. The van der Waals surface area contributed by atoms with Gasteiger partial charge in [0.15, 0.2) is 0 Å². The summed E-state index contributed by atoms with van der Waals surface area (Å²) in [6.07, 6.45) is 4.61. The van der Waals surface area contributed by atoms with E-state index in [0.29, 0.717) is 0 Å². The largest absolute Gasteiger partial charge is 0.352 e. The maximum Gasteiger partial charge on any atom is 0.237 e. The summed E-state index contributed by atoms with van der Waals surface area (Å²) in [5.41, 5.74) is 0.170. The molecule has 1 aliphatic rings. The van der Waals surface area contributed by atoms with Crippen molar-refractivity contribution in [2.75, 3.05) is 0 Å². The molecule has 0 aromatic heterocycles. The third-order valence-electron chi connectivity index (χ3n) is 3.41. The monoisotopic (exact) mass is 208 g/mol. The molecule has 0 radical (unpaired) electrons. The minimum Gasteiger partial charge on any atom is -0.352 e. The van der Waals surface area contributed by atoms with Crippen LogP contribution in [0.15, 0.2) is 0 Å². The first-order chi connectivity index (χ1) is 6.97. The van der Waals surface area contributed by atoms with Gasteiger partial charge in [0.25, 0.3) is 0 Å². The zero-order chi connectivity index (χ0) is 11.5. The molecule has 2 atom stereocenters. The lowest BCUT2D eigenvalue weighted by atomic mass is 9.73. The molecule has 0 spiro atoms. The van der Waals surface area contributed by atoms with Crippen molar-refractivity contribution in [2.24, 2.45) is 11.3 Å². The maximum absolute atomic E-state index is 11.6. The summed E-state index contributed by atoms with van der Waals surface area (Å²) in [5.74, 6) is -0.666. The van der Waals surface area contributed by atoms with Gasteiger partial charge in [-0.05, 0) is 25.2 Å².